The molecule has 1 N–H and O–H groups in total. The molecule has 6 nitrogen and oxygen atoms in total. The number of para-hydroxylation sites is 2. The standard InChI is InChI=1S/C15H19N3O3S/c1-10(2)17(8-9-21-11(3)19)15(20)18-13-7-5-4-6-12(13)16-14(18)22/h4-7,10H,8-9H2,1-3H3,(H,16,22). The third-order valence-electron chi connectivity index (χ3n) is 3.29. The molecule has 0 atom stereocenters. The number of hydrogen-bond acceptors (Lipinski definition) is 4. The van der Waals surface area contributed by atoms with Crippen molar-refractivity contribution in [2.75, 3.05) is 13.2 Å². The number of esters is 1. The zero-order valence-electron chi connectivity index (χ0n) is 12.8. The Hall–Kier alpha value is -2.15. The zero-order valence-corrected chi connectivity index (χ0v) is 13.6. The summed E-state index contributed by atoms with van der Waals surface area (Å²) in [5, 5.41) is 0. The van der Waals surface area contributed by atoms with Crippen molar-refractivity contribution in [3.05, 3.63) is 29.0 Å². The lowest BCUT2D eigenvalue weighted by atomic mass is 10.3. The van der Waals surface area contributed by atoms with Crippen molar-refractivity contribution in [3.63, 3.8) is 0 Å². The predicted octanol–water partition coefficient (Wildman–Crippen LogP) is 2.94. The summed E-state index contributed by atoms with van der Waals surface area (Å²) < 4.78 is 6.75. The summed E-state index contributed by atoms with van der Waals surface area (Å²) in [7, 11) is 0. The Morgan fingerprint density at radius 1 is 1.36 bits per heavy atom. The normalized spacial score (nSPS) is 10.9. The van der Waals surface area contributed by atoms with Gasteiger partial charge in [0.1, 0.15) is 6.61 Å². The van der Waals surface area contributed by atoms with Gasteiger partial charge in [0.25, 0.3) is 0 Å². The third-order valence-corrected chi connectivity index (χ3v) is 3.57. The molecule has 0 unspecified atom stereocenters. The first-order valence-corrected chi connectivity index (χ1v) is 7.46. The number of imidazole rings is 1. The van der Waals surface area contributed by atoms with Crippen LogP contribution in [0.3, 0.4) is 0 Å². The van der Waals surface area contributed by atoms with Crippen molar-refractivity contribution in [3.8, 4) is 0 Å². The SMILES string of the molecule is CC(=O)OCCN(C(=O)n1c(=S)[nH]c2ccccc21)C(C)C. The Labute approximate surface area is 133 Å². The van der Waals surface area contributed by atoms with Crippen molar-refractivity contribution >= 4 is 35.3 Å². The Morgan fingerprint density at radius 2 is 2.05 bits per heavy atom. The highest BCUT2D eigenvalue weighted by Crippen LogP contribution is 2.15. The molecule has 0 aliphatic carbocycles. The smallest absolute Gasteiger partial charge is 0.331 e. The minimum Gasteiger partial charge on any atom is -0.464 e. The van der Waals surface area contributed by atoms with E-state index in [1.165, 1.54) is 11.5 Å². The van der Waals surface area contributed by atoms with E-state index >= 15 is 0 Å². The summed E-state index contributed by atoms with van der Waals surface area (Å²) >= 11 is 5.26. The van der Waals surface area contributed by atoms with Gasteiger partial charge in [0.15, 0.2) is 4.77 Å². The molecular formula is C15H19N3O3S. The fourth-order valence-corrected chi connectivity index (χ4v) is 2.52. The van der Waals surface area contributed by atoms with Crippen LogP contribution in [0.4, 0.5) is 4.79 Å². The first kappa shape index (κ1) is 16.2. The van der Waals surface area contributed by atoms with Gasteiger partial charge in [-0.2, -0.15) is 0 Å². The molecule has 0 aliphatic heterocycles. The molecule has 7 heteroatoms. The van der Waals surface area contributed by atoms with Crippen molar-refractivity contribution in [1.82, 2.24) is 14.5 Å². The lowest BCUT2D eigenvalue weighted by Crippen LogP contribution is -2.42. The number of aromatic nitrogens is 2. The number of H-pyrrole nitrogens is 1. The van der Waals surface area contributed by atoms with E-state index in [4.69, 9.17) is 17.0 Å². The zero-order chi connectivity index (χ0) is 16.3. The molecule has 0 aliphatic rings. The maximum absolute atomic E-state index is 12.8. The van der Waals surface area contributed by atoms with E-state index in [0.717, 1.165) is 11.0 Å². The highest BCUT2D eigenvalue weighted by molar-refractivity contribution is 7.71. The second kappa shape index (κ2) is 6.74. The first-order valence-electron chi connectivity index (χ1n) is 7.06. The first-order chi connectivity index (χ1) is 10.4. The number of nitrogens with one attached hydrogen (secondary N) is 1. The van der Waals surface area contributed by atoms with Crippen LogP contribution in [0.25, 0.3) is 11.0 Å². The van der Waals surface area contributed by atoms with Gasteiger partial charge in [-0.1, -0.05) is 12.1 Å². The van der Waals surface area contributed by atoms with Gasteiger partial charge in [0.2, 0.25) is 0 Å². The second-order valence-corrected chi connectivity index (χ2v) is 5.58. The molecule has 1 amide bonds. The van der Waals surface area contributed by atoms with Gasteiger partial charge in [0, 0.05) is 13.0 Å². The molecule has 0 saturated heterocycles. The van der Waals surface area contributed by atoms with Gasteiger partial charge >= 0.3 is 12.0 Å². The monoisotopic (exact) mass is 321 g/mol. The lowest BCUT2D eigenvalue weighted by Gasteiger charge is -2.26. The van der Waals surface area contributed by atoms with Crippen LogP contribution < -0.4 is 0 Å². The topological polar surface area (TPSA) is 67.3 Å². The number of hydrogen-bond donors (Lipinski definition) is 1. The molecular weight excluding hydrogens is 302 g/mol. The summed E-state index contributed by atoms with van der Waals surface area (Å²) in [6.45, 7) is 5.64. The van der Waals surface area contributed by atoms with Gasteiger partial charge in [0.05, 0.1) is 17.6 Å². The number of aromatic amines is 1. The Kier molecular flexibility index (Phi) is 4.97. The number of nitrogens with zero attached hydrogens (tertiary/aromatic N) is 2. The molecule has 2 aromatic rings. The van der Waals surface area contributed by atoms with E-state index in [2.05, 4.69) is 4.98 Å². The van der Waals surface area contributed by atoms with Crippen LogP contribution in [-0.4, -0.2) is 45.6 Å². The lowest BCUT2D eigenvalue weighted by molar-refractivity contribution is -0.141. The minimum atomic E-state index is -0.361. The van der Waals surface area contributed by atoms with Gasteiger partial charge in [-0.15, -0.1) is 0 Å². The quantitative estimate of drug-likeness (QED) is 0.694. The molecule has 0 spiro atoms. The van der Waals surface area contributed by atoms with E-state index in [1.807, 2.05) is 38.1 Å². The fraction of sp³-hybridized carbons (Fsp3) is 0.400. The Bertz CT molecular complexity index is 748. The third kappa shape index (κ3) is 3.36. The van der Waals surface area contributed by atoms with E-state index in [1.54, 1.807) is 4.90 Å². The average Bonchev–Trinajstić information content (AvgIpc) is 2.78. The molecule has 0 fully saturated rings. The summed E-state index contributed by atoms with van der Waals surface area (Å²) in [6.07, 6.45) is 0. The van der Waals surface area contributed by atoms with Gasteiger partial charge in [-0.25, -0.2) is 9.36 Å². The molecule has 118 valence electrons. The summed E-state index contributed by atoms with van der Waals surface area (Å²) in [5.74, 6) is -0.361. The van der Waals surface area contributed by atoms with Gasteiger partial charge in [-0.3, -0.25) is 4.79 Å². The highest BCUT2D eigenvalue weighted by atomic mass is 32.1. The van der Waals surface area contributed by atoms with Gasteiger partial charge < -0.3 is 14.6 Å². The molecule has 0 bridgehead atoms. The number of amides is 1. The van der Waals surface area contributed by atoms with E-state index < -0.39 is 0 Å². The maximum Gasteiger partial charge on any atom is 0.331 e. The number of carbonyl (C=O) groups is 2. The van der Waals surface area contributed by atoms with Crippen LogP contribution in [0.5, 0.6) is 0 Å². The highest BCUT2D eigenvalue weighted by Gasteiger charge is 2.21. The summed E-state index contributed by atoms with van der Waals surface area (Å²) in [5.41, 5.74) is 1.54. The molecule has 1 aromatic carbocycles. The van der Waals surface area contributed by atoms with E-state index in [9.17, 15) is 9.59 Å². The summed E-state index contributed by atoms with van der Waals surface area (Å²) in [4.78, 5) is 28.3. The van der Waals surface area contributed by atoms with Gasteiger partial charge in [-0.05, 0) is 38.2 Å². The van der Waals surface area contributed by atoms with Crippen molar-refractivity contribution in [2.45, 2.75) is 26.8 Å². The Balaban J connectivity index is 2.31. The van der Waals surface area contributed by atoms with E-state index in [-0.39, 0.29) is 24.6 Å². The molecule has 2 rings (SSSR count). The van der Waals surface area contributed by atoms with Crippen LogP contribution in [0, 0.1) is 4.77 Å². The van der Waals surface area contributed by atoms with Crippen LogP contribution >= 0.6 is 12.2 Å². The average molecular weight is 321 g/mol. The van der Waals surface area contributed by atoms with Crippen molar-refractivity contribution < 1.29 is 14.3 Å². The van der Waals surface area contributed by atoms with Crippen molar-refractivity contribution in [1.29, 1.82) is 0 Å². The number of rotatable bonds is 4. The minimum absolute atomic E-state index is 0.0429. The maximum atomic E-state index is 12.8. The van der Waals surface area contributed by atoms with Crippen molar-refractivity contribution in [2.24, 2.45) is 0 Å². The van der Waals surface area contributed by atoms with Crippen LogP contribution in [0.2, 0.25) is 0 Å². The summed E-state index contributed by atoms with van der Waals surface area (Å²) in [6, 6.07) is 7.16. The second-order valence-electron chi connectivity index (χ2n) is 5.19. The number of carbonyl (C=O) groups excluding carboxylic acids is 2. The number of ether oxygens (including phenoxy) is 1. The number of benzene rings is 1. The molecule has 1 aromatic heterocycles. The molecule has 0 saturated carbocycles. The van der Waals surface area contributed by atoms with Crippen LogP contribution in [-0.2, 0) is 9.53 Å². The Morgan fingerprint density at radius 3 is 2.68 bits per heavy atom. The van der Waals surface area contributed by atoms with E-state index in [0.29, 0.717) is 11.3 Å². The van der Waals surface area contributed by atoms with Crippen LogP contribution in [0.1, 0.15) is 20.8 Å². The largest absolute Gasteiger partial charge is 0.464 e. The molecule has 22 heavy (non-hydrogen) atoms. The molecule has 0 radical (unpaired) electrons. The fourth-order valence-electron chi connectivity index (χ4n) is 2.24. The van der Waals surface area contributed by atoms with Crippen LogP contribution in [0.15, 0.2) is 24.3 Å². The molecule has 1 heterocycles. The number of fused-ring (bicyclic) bond motifs is 1. The predicted molar refractivity (Wildman–Crippen MR) is 86.4 cm³/mol.